The van der Waals surface area contributed by atoms with Crippen molar-refractivity contribution in [2.75, 3.05) is 5.75 Å². The largest absolute Gasteiger partial charge is 0.480 e. The van der Waals surface area contributed by atoms with Crippen molar-refractivity contribution in [1.29, 1.82) is 0 Å². The molecule has 1 unspecified atom stereocenters. The van der Waals surface area contributed by atoms with Crippen LogP contribution in [0.2, 0.25) is 0 Å². The van der Waals surface area contributed by atoms with Crippen LogP contribution in [0.25, 0.3) is 0 Å². The van der Waals surface area contributed by atoms with E-state index >= 15 is 0 Å². The van der Waals surface area contributed by atoms with Crippen LogP contribution in [0, 0.1) is 0 Å². The van der Waals surface area contributed by atoms with Crippen molar-refractivity contribution >= 4 is 17.7 Å². The summed E-state index contributed by atoms with van der Waals surface area (Å²) in [6.07, 6.45) is 0. The second-order valence-electron chi connectivity index (χ2n) is 3.33. The number of hydrogen-bond donors (Lipinski definition) is 2. The molecule has 1 rings (SSSR count). The zero-order chi connectivity index (χ0) is 11.3. The van der Waals surface area contributed by atoms with Crippen LogP contribution in [0.15, 0.2) is 30.3 Å². The van der Waals surface area contributed by atoms with Crippen LogP contribution in [-0.4, -0.2) is 22.9 Å². The normalized spacial score (nSPS) is 14.5. The third-order valence-electron chi connectivity index (χ3n) is 2.11. The topological polar surface area (TPSA) is 63.3 Å². The SMILES string of the molecule is CC(SC[C@H](N)C(=O)O)c1ccccc1. The molecular formula is C11H15NO2S. The van der Waals surface area contributed by atoms with Gasteiger partial charge in [-0.1, -0.05) is 30.3 Å². The molecule has 0 heterocycles. The van der Waals surface area contributed by atoms with E-state index in [1.807, 2.05) is 30.3 Å². The Labute approximate surface area is 93.7 Å². The molecule has 1 aromatic rings. The number of thioether (sulfide) groups is 1. The fraction of sp³-hybridized carbons (Fsp3) is 0.364. The summed E-state index contributed by atoms with van der Waals surface area (Å²) in [5.74, 6) is -0.506. The summed E-state index contributed by atoms with van der Waals surface area (Å²) >= 11 is 1.56. The summed E-state index contributed by atoms with van der Waals surface area (Å²) in [4.78, 5) is 10.5. The molecule has 0 aliphatic rings. The van der Waals surface area contributed by atoms with Gasteiger partial charge in [-0.05, 0) is 12.5 Å². The summed E-state index contributed by atoms with van der Waals surface area (Å²) in [7, 11) is 0. The molecule has 3 N–H and O–H groups in total. The number of hydrogen-bond acceptors (Lipinski definition) is 3. The Morgan fingerprint density at radius 3 is 2.60 bits per heavy atom. The van der Waals surface area contributed by atoms with E-state index in [2.05, 4.69) is 6.92 Å². The van der Waals surface area contributed by atoms with Crippen LogP contribution in [0.3, 0.4) is 0 Å². The minimum absolute atomic E-state index is 0.275. The molecule has 3 nitrogen and oxygen atoms in total. The number of carboxylic acids is 1. The number of carboxylic acid groups (broad SMARTS) is 1. The molecule has 0 fully saturated rings. The van der Waals surface area contributed by atoms with Crippen LogP contribution in [0.5, 0.6) is 0 Å². The minimum Gasteiger partial charge on any atom is -0.480 e. The van der Waals surface area contributed by atoms with E-state index in [9.17, 15) is 4.79 Å². The third-order valence-corrected chi connectivity index (χ3v) is 3.44. The van der Waals surface area contributed by atoms with Gasteiger partial charge in [0.2, 0.25) is 0 Å². The molecular weight excluding hydrogens is 210 g/mol. The summed E-state index contributed by atoms with van der Waals surface area (Å²) in [5.41, 5.74) is 6.62. The molecule has 0 bridgehead atoms. The highest BCUT2D eigenvalue weighted by Crippen LogP contribution is 2.27. The zero-order valence-corrected chi connectivity index (χ0v) is 9.41. The van der Waals surface area contributed by atoms with Crippen LogP contribution in [-0.2, 0) is 4.79 Å². The van der Waals surface area contributed by atoms with Gasteiger partial charge in [0.15, 0.2) is 0 Å². The molecule has 0 radical (unpaired) electrons. The van der Waals surface area contributed by atoms with E-state index in [0.29, 0.717) is 5.75 Å². The predicted octanol–water partition coefficient (Wildman–Crippen LogP) is 1.89. The van der Waals surface area contributed by atoms with Gasteiger partial charge in [-0.2, -0.15) is 11.8 Å². The van der Waals surface area contributed by atoms with Crippen molar-refractivity contribution in [3.8, 4) is 0 Å². The van der Waals surface area contributed by atoms with E-state index in [1.165, 1.54) is 5.56 Å². The number of rotatable bonds is 5. The van der Waals surface area contributed by atoms with Crippen LogP contribution in [0.4, 0.5) is 0 Å². The van der Waals surface area contributed by atoms with Crippen molar-refractivity contribution in [1.82, 2.24) is 0 Å². The van der Waals surface area contributed by atoms with Gasteiger partial charge in [-0.3, -0.25) is 4.79 Å². The first-order chi connectivity index (χ1) is 7.11. The van der Waals surface area contributed by atoms with E-state index in [1.54, 1.807) is 11.8 Å². The first-order valence-electron chi connectivity index (χ1n) is 4.76. The lowest BCUT2D eigenvalue weighted by molar-refractivity contribution is -0.137. The molecule has 1 aromatic carbocycles. The van der Waals surface area contributed by atoms with E-state index in [0.717, 1.165) is 0 Å². The molecule has 15 heavy (non-hydrogen) atoms. The smallest absolute Gasteiger partial charge is 0.321 e. The monoisotopic (exact) mass is 225 g/mol. The maximum absolute atomic E-state index is 10.5. The van der Waals surface area contributed by atoms with E-state index in [4.69, 9.17) is 10.8 Å². The third kappa shape index (κ3) is 3.93. The molecule has 4 heteroatoms. The van der Waals surface area contributed by atoms with Gasteiger partial charge < -0.3 is 10.8 Å². The summed E-state index contributed by atoms with van der Waals surface area (Å²) in [6, 6.07) is 9.20. The van der Waals surface area contributed by atoms with Gasteiger partial charge in [0, 0.05) is 11.0 Å². The fourth-order valence-electron chi connectivity index (χ4n) is 1.14. The molecule has 0 aromatic heterocycles. The van der Waals surface area contributed by atoms with Gasteiger partial charge >= 0.3 is 5.97 Å². The standard InChI is InChI=1S/C11H15NO2S/c1-8(9-5-3-2-4-6-9)15-7-10(12)11(13)14/h2-6,8,10H,7,12H2,1H3,(H,13,14)/t8?,10-/m0/s1. The lowest BCUT2D eigenvalue weighted by atomic mass is 10.2. The number of benzene rings is 1. The average Bonchev–Trinajstić information content (AvgIpc) is 2.26. The molecule has 0 saturated heterocycles. The Morgan fingerprint density at radius 1 is 1.47 bits per heavy atom. The van der Waals surface area contributed by atoms with Crippen molar-refractivity contribution in [3.05, 3.63) is 35.9 Å². The number of nitrogens with two attached hydrogens (primary N) is 1. The quantitative estimate of drug-likeness (QED) is 0.803. The molecule has 2 atom stereocenters. The lowest BCUT2D eigenvalue weighted by Crippen LogP contribution is -2.32. The summed E-state index contributed by atoms with van der Waals surface area (Å²) in [5, 5.41) is 8.90. The van der Waals surface area contributed by atoms with Crippen molar-refractivity contribution in [2.45, 2.75) is 18.2 Å². The second kappa shape index (κ2) is 5.78. The molecule has 0 amide bonds. The average molecular weight is 225 g/mol. The van der Waals surface area contributed by atoms with E-state index < -0.39 is 12.0 Å². The van der Waals surface area contributed by atoms with Gasteiger partial charge in [-0.15, -0.1) is 0 Å². The van der Waals surface area contributed by atoms with Crippen LogP contribution >= 0.6 is 11.8 Å². The maximum Gasteiger partial charge on any atom is 0.321 e. The number of aliphatic carboxylic acids is 1. The van der Waals surface area contributed by atoms with Crippen molar-refractivity contribution in [2.24, 2.45) is 5.73 Å². The predicted molar refractivity (Wildman–Crippen MR) is 62.9 cm³/mol. The Balaban J connectivity index is 2.43. The van der Waals surface area contributed by atoms with Crippen LogP contribution in [0.1, 0.15) is 17.7 Å². The molecule has 0 spiro atoms. The Bertz CT molecular complexity index is 316. The molecule has 0 saturated carbocycles. The highest BCUT2D eigenvalue weighted by Gasteiger charge is 2.14. The van der Waals surface area contributed by atoms with Crippen molar-refractivity contribution < 1.29 is 9.90 Å². The Hall–Kier alpha value is -1.00. The molecule has 0 aliphatic carbocycles. The van der Waals surface area contributed by atoms with Gasteiger partial charge in [0.05, 0.1) is 0 Å². The van der Waals surface area contributed by atoms with Gasteiger partial charge in [-0.25, -0.2) is 0 Å². The zero-order valence-electron chi connectivity index (χ0n) is 8.59. The lowest BCUT2D eigenvalue weighted by Gasteiger charge is -2.13. The molecule has 0 aliphatic heterocycles. The van der Waals surface area contributed by atoms with Crippen molar-refractivity contribution in [3.63, 3.8) is 0 Å². The second-order valence-corrected chi connectivity index (χ2v) is 4.70. The fourth-order valence-corrected chi connectivity index (χ4v) is 2.13. The van der Waals surface area contributed by atoms with Crippen LogP contribution < -0.4 is 5.73 Å². The van der Waals surface area contributed by atoms with Gasteiger partial charge in [0.25, 0.3) is 0 Å². The highest BCUT2D eigenvalue weighted by atomic mass is 32.2. The molecule has 82 valence electrons. The summed E-state index contributed by atoms with van der Waals surface area (Å²) < 4.78 is 0. The Kier molecular flexibility index (Phi) is 4.65. The maximum atomic E-state index is 10.5. The first-order valence-corrected chi connectivity index (χ1v) is 5.81. The Morgan fingerprint density at radius 2 is 2.07 bits per heavy atom. The van der Waals surface area contributed by atoms with Gasteiger partial charge in [0.1, 0.15) is 6.04 Å². The number of carbonyl (C=O) groups is 1. The van der Waals surface area contributed by atoms with E-state index in [-0.39, 0.29) is 5.25 Å². The summed E-state index contributed by atoms with van der Waals surface area (Å²) in [6.45, 7) is 2.05. The first kappa shape index (κ1) is 12.1. The highest BCUT2D eigenvalue weighted by molar-refractivity contribution is 7.99. The minimum atomic E-state index is -0.942.